The van der Waals surface area contributed by atoms with Gasteiger partial charge in [0, 0.05) is 38.7 Å². The fraction of sp³-hybridized carbons (Fsp3) is 0.286. The molecular weight excluding hydrogens is 270 g/mol. The van der Waals surface area contributed by atoms with E-state index in [4.69, 9.17) is 4.74 Å². The van der Waals surface area contributed by atoms with Crippen molar-refractivity contribution in [2.24, 2.45) is 0 Å². The number of hydrogen-bond donors (Lipinski definition) is 2. The van der Waals surface area contributed by atoms with E-state index >= 15 is 0 Å². The maximum Gasteiger partial charge on any atom is 0.252 e. The Morgan fingerprint density at radius 3 is 3.00 bits per heavy atom. The number of amides is 1. The number of pyridine rings is 1. The van der Waals surface area contributed by atoms with Gasteiger partial charge in [-0.2, -0.15) is 0 Å². The molecule has 0 bridgehead atoms. The van der Waals surface area contributed by atoms with Crippen molar-refractivity contribution in [2.75, 3.05) is 25.5 Å². The molecule has 2 heterocycles. The fourth-order valence-electron chi connectivity index (χ4n) is 1.69. The van der Waals surface area contributed by atoms with Gasteiger partial charge < -0.3 is 15.4 Å². The quantitative estimate of drug-likeness (QED) is 0.734. The van der Waals surface area contributed by atoms with Crippen LogP contribution in [0.3, 0.4) is 0 Å². The van der Waals surface area contributed by atoms with Crippen molar-refractivity contribution in [1.29, 1.82) is 0 Å². The summed E-state index contributed by atoms with van der Waals surface area (Å²) in [7, 11) is 1.61. The number of hydrogen-bond acceptors (Lipinski definition) is 6. The summed E-state index contributed by atoms with van der Waals surface area (Å²) in [5, 5.41) is 5.91. The largest absolute Gasteiger partial charge is 0.378 e. The summed E-state index contributed by atoms with van der Waals surface area (Å²) in [6.45, 7) is 1.49. The van der Waals surface area contributed by atoms with E-state index in [2.05, 4.69) is 25.6 Å². The Hall–Kier alpha value is -2.54. The fourth-order valence-corrected chi connectivity index (χ4v) is 1.69. The maximum atomic E-state index is 11.8. The van der Waals surface area contributed by atoms with Gasteiger partial charge in [0.15, 0.2) is 0 Å². The smallest absolute Gasteiger partial charge is 0.252 e. The predicted molar refractivity (Wildman–Crippen MR) is 77.8 cm³/mol. The van der Waals surface area contributed by atoms with E-state index in [0.717, 1.165) is 5.69 Å². The Morgan fingerprint density at radius 1 is 1.33 bits per heavy atom. The Balaban J connectivity index is 1.74. The van der Waals surface area contributed by atoms with Crippen LogP contribution in [-0.4, -0.2) is 41.1 Å². The minimum atomic E-state index is -0.146. The normalized spacial score (nSPS) is 10.1. The van der Waals surface area contributed by atoms with Crippen LogP contribution >= 0.6 is 0 Å². The second-order valence-corrected chi connectivity index (χ2v) is 4.25. The second kappa shape index (κ2) is 7.91. The Morgan fingerprint density at radius 2 is 2.24 bits per heavy atom. The van der Waals surface area contributed by atoms with Crippen molar-refractivity contribution >= 4 is 11.7 Å². The number of aromatic nitrogens is 3. The lowest BCUT2D eigenvalue weighted by molar-refractivity contribution is 0.0955. The monoisotopic (exact) mass is 287 g/mol. The highest BCUT2D eigenvalue weighted by Gasteiger charge is 2.03. The van der Waals surface area contributed by atoms with Crippen molar-refractivity contribution in [1.82, 2.24) is 20.3 Å². The van der Waals surface area contributed by atoms with E-state index in [1.807, 2.05) is 6.07 Å². The number of nitrogens with one attached hydrogen (secondary N) is 2. The molecule has 2 aromatic heterocycles. The van der Waals surface area contributed by atoms with Crippen molar-refractivity contribution in [3.63, 3.8) is 0 Å². The molecule has 0 aromatic carbocycles. The highest BCUT2D eigenvalue weighted by molar-refractivity contribution is 5.93. The SMILES string of the molecule is COCc1cc(NCCNC(=O)c2cccnc2)ncn1. The van der Waals surface area contributed by atoms with Crippen molar-refractivity contribution in [3.8, 4) is 0 Å². The van der Waals surface area contributed by atoms with Gasteiger partial charge >= 0.3 is 0 Å². The zero-order valence-electron chi connectivity index (χ0n) is 11.7. The molecule has 7 heteroatoms. The first kappa shape index (κ1) is 14.9. The number of methoxy groups -OCH3 is 1. The first-order valence-electron chi connectivity index (χ1n) is 6.51. The number of carbonyl (C=O) groups is 1. The maximum absolute atomic E-state index is 11.8. The molecule has 0 unspecified atom stereocenters. The van der Waals surface area contributed by atoms with Gasteiger partial charge in [-0.1, -0.05) is 0 Å². The Bertz CT molecular complexity index is 577. The lowest BCUT2D eigenvalue weighted by atomic mass is 10.3. The molecule has 7 nitrogen and oxygen atoms in total. The number of anilines is 1. The molecule has 21 heavy (non-hydrogen) atoms. The summed E-state index contributed by atoms with van der Waals surface area (Å²) in [4.78, 5) is 23.8. The molecule has 2 aromatic rings. The van der Waals surface area contributed by atoms with Crippen LogP contribution in [0.5, 0.6) is 0 Å². The van der Waals surface area contributed by atoms with Crippen molar-refractivity contribution in [2.45, 2.75) is 6.61 Å². The van der Waals surface area contributed by atoms with Crippen LogP contribution in [0.15, 0.2) is 36.9 Å². The highest BCUT2D eigenvalue weighted by atomic mass is 16.5. The van der Waals surface area contributed by atoms with Crippen LogP contribution in [0, 0.1) is 0 Å². The Kier molecular flexibility index (Phi) is 5.60. The van der Waals surface area contributed by atoms with Gasteiger partial charge in [0.05, 0.1) is 17.9 Å². The molecule has 0 aliphatic carbocycles. The summed E-state index contributed by atoms with van der Waals surface area (Å²) in [6.07, 6.45) is 4.64. The van der Waals surface area contributed by atoms with Crippen LogP contribution in [0.1, 0.15) is 16.1 Å². The lowest BCUT2D eigenvalue weighted by Crippen LogP contribution is -2.28. The zero-order chi connectivity index (χ0) is 14.9. The van der Waals surface area contributed by atoms with Gasteiger partial charge in [-0.25, -0.2) is 9.97 Å². The van der Waals surface area contributed by atoms with E-state index in [-0.39, 0.29) is 5.91 Å². The average Bonchev–Trinajstić information content (AvgIpc) is 2.53. The molecule has 0 spiro atoms. The topological polar surface area (TPSA) is 89.0 Å². The van der Waals surface area contributed by atoms with E-state index in [9.17, 15) is 4.79 Å². The minimum Gasteiger partial charge on any atom is -0.378 e. The number of nitrogens with zero attached hydrogens (tertiary/aromatic N) is 3. The molecule has 0 fully saturated rings. The van der Waals surface area contributed by atoms with Crippen molar-refractivity contribution < 1.29 is 9.53 Å². The third kappa shape index (κ3) is 4.81. The second-order valence-electron chi connectivity index (χ2n) is 4.25. The molecule has 110 valence electrons. The summed E-state index contributed by atoms with van der Waals surface area (Å²) in [5.74, 6) is 0.556. The zero-order valence-corrected chi connectivity index (χ0v) is 11.7. The minimum absolute atomic E-state index is 0.146. The van der Waals surface area contributed by atoms with Gasteiger partial charge in [0.2, 0.25) is 0 Å². The molecule has 0 saturated heterocycles. The Labute approximate surface area is 122 Å². The summed E-state index contributed by atoms with van der Waals surface area (Å²) in [6, 6.07) is 5.26. The third-order valence-electron chi connectivity index (χ3n) is 2.66. The molecular formula is C14H17N5O2. The lowest BCUT2D eigenvalue weighted by Gasteiger charge is -2.08. The first-order valence-corrected chi connectivity index (χ1v) is 6.51. The van der Waals surface area contributed by atoms with Gasteiger partial charge in [-0.05, 0) is 12.1 Å². The number of rotatable bonds is 7. The molecule has 0 aliphatic rings. The van der Waals surface area contributed by atoms with Gasteiger partial charge in [-0.15, -0.1) is 0 Å². The highest BCUT2D eigenvalue weighted by Crippen LogP contribution is 2.04. The molecule has 0 aliphatic heterocycles. The molecule has 1 amide bonds. The van der Waals surface area contributed by atoms with Crippen LogP contribution in [0.25, 0.3) is 0 Å². The van der Waals surface area contributed by atoms with E-state index in [1.165, 1.54) is 12.5 Å². The van der Waals surface area contributed by atoms with Gasteiger partial charge in [-0.3, -0.25) is 9.78 Å². The third-order valence-corrected chi connectivity index (χ3v) is 2.66. The molecule has 2 rings (SSSR count). The van der Waals surface area contributed by atoms with Crippen LogP contribution < -0.4 is 10.6 Å². The van der Waals surface area contributed by atoms with Crippen molar-refractivity contribution in [3.05, 3.63) is 48.2 Å². The summed E-state index contributed by atoms with van der Waals surface area (Å²) < 4.78 is 5.01. The number of carbonyl (C=O) groups excluding carboxylic acids is 1. The molecule has 2 N–H and O–H groups in total. The average molecular weight is 287 g/mol. The van der Waals surface area contributed by atoms with Gasteiger partial charge in [0.1, 0.15) is 12.1 Å². The predicted octanol–water partition coefficient (Wildman–Crippen LogP) is 0.860. The molecule has 0 saturated carbocycles. The first-order chi connectivity index (χ1) is 10.3. The summed E-state index contributed by atoms with van der Waals surface area (Å²) in [5.41, 5.74) is 1.34. The summed E-state index contributed by atoms with van der Waals surface area (Å²) >= 11 is 0. The van der Waals surface area contributed by atoms with Gasteiger partial charge in [0.25, 0.3) is 5.91 Å². The number of ether oxygens (including phenoxy) is 1. The van der Waals surface area contributed by atoms with E-state index in [1.54, 1.807) is 25.4 Å². The molecule has 0 atom stereocenters. The van der Waals surface area contributed by atoms with Crippen LogP contribution in [-0.2, 0) is 11.3 Å². The van der Waals surface area contributed by atoms with Crippen LogP contribution in [0.4, 0.5) is 5.82 Å². The molecule has 0 radical (unpaired) electrons. The van der Waals surface area contributed by atoms with E-state index in [0.29, 0.717) is 31.1 Å². The van der Waals surface area contributed by atoms with Crippen LogP contribution in [0.2, 0.25) is 0 Å². The standard InChI is InChI=1S/C14H17N5O2/c1-21-9-12-7-13(19-10-18-12)16-5-6-17-14(20)11-3-2-4-15-8-11/h2-4,7-8,10H,5-6,9H2,1H3,(H,17,20)(H,16,18,19). The van der Waals surface area contributed by atoms with E-state index < -0.39 is 0 Å².